The van der Waals surface area contributed by atoms with Crippen molar-refractivity contribution in [2.75, 3.05) is 18.6 Å². The lowest BCUT2D eigenvalue weighted by Gasteiger charge is -2.20. The van der Waals surface area contributed by atoms with Gasteiger partial charge in [0.1, 0.15) is 24.0 Å². The van der Waals surface area contributed by atoms with Crippen LogP contribution in [0.25, 0.3) is 0 Å². The molecule has 9 heteroatoms. The fourth-order valence-corrected chi connectivity index (χ4v) is 3.52. The molecule has 9 nitrogen and oxygen atoms in total. The van der Waals surface area contributed by atoms with Crippen LogP contribution in [0, 0.1) is 18.8 Å². The minimum atomic E-state index is -1.14. The van der Waals surface area contributed by atoms with Crippen molar-refractivity contribution in [3.05, 3.63) is 71.3 Å². The molecule has 0 saturated carbocycles. The van der Waals surface area contributed by atoms with Gasteiger partial charge in [0.05, 0.1) is 11.9 Å². The number of aliphatic hydroxyl groups is 1. The molecule has 4 rings (SSSR count). The van der Waals surface area contributed by atoms with Crippen molar-refractivity contribution in [1.82, 2.24) is 20.1 Å². The highest BCUT2D eigenvalue weighted by Crippen LogP contribution is 2.31. The van der Waals surface area contributed by atoms with Crippen molar-refractivity contribution in [2.24, 2.45) is 0 Å². The number of likely N-dealkylation sites (N-methyl/N-ethyl adjacent to an activating group) is 1. The molecule has 0 radical (unpaired) electrons. The quantitative estimate of drug-likeness (QED) is 0.565. The third-order valence-corrected chi connectivity index (χ3v) is 5.39. The highest BCUT2D eigenvalue weighted by atomic mass is 16.5. The minimum absolute atomic E-state index is 0.0280. The van der Waals surface area contributed by atoms with Crippen LogP contribution < -0.4 is 15.0 Å². The number of anilines is 1. The lowest BCUT2D eigenvalue weighted by atomic mass is 10.1. The number of ether oxygens (including phenoxy) is 1. The predicted molar refractivity (Wildman–Crippen MR) is 130 cm³/mol. The van der Waals surface area contributed by atoms with Crippen molar-refractivity contribution in [3.63, 3.8) is 0 Å². The summed E-state index contributed by atoms with van der Waals surface area (Å²) < 4.78 is 6.99. The average molecular weight is 474 g/mol. The van der Waals surface area contributed by atoms with Gasteiger partial charge >= 0.3 is 6.03 Å². The van der Waals surface area contributed by atoms with Crippen LogP contribution in [-0.2, 0) is 11.2 Å². The number of carbonyl (C=O) groups excluding carboxylic acids is 2. The first-order valence-corrected chi connectivity index (χ1v) is 11.1. The van der Waals surface area contributed by atoms with Crippen LogP contribution in [0.4, 0.5) is 10.5 Å². The fourth-order valence-electron chi connectivity index (χ4n) is 3.52. The molecule has 1 atom stereocenters. The third kappa shape index (κ3) is 5.86. The second-order valence-corrected chi connectivity index (χ2v) is 8.98. The highest BCUT2D eigenvalue weighted by Gasteiger charge is 2.31. The summed E-state index contributed by atoms with van der Waals surface area (Å²) in [6, 6.07) is 7.67. The van der Waals surface area contributed by atoms with E-state index in [1.165, 1.54) is 9.58 Å². The Labute approximate surface area is 203 Å². The van der Waals surface area contributed by atoms with E-state index in [1.807, 2.05) is 19.1 Å². The zero-order valence-electron chi connectivity index (χ0n) is 20.1. The number of nitrogens with one attached hydrogen (secondary N) is 1. The summed E-state index contributed by atoms with van der Waals surface area (Å²) in [4.78, 5) is 31.6. The zero-order valence-corrected chi connectivity index (χ0v) is 20.1. The molecule has 0 spiro atoms. The van der Waals surface area contributed by atoms with E-state index in [0.29, 0.717) is 23.4 Å². The van der Waals surface area contributed by atoms with Crippen LogP contribution >= 0.6 is 0 Å². The molecule has 0 unspecified atom stereocenters. The maximum atomic E-state index is 13.1. The van der Waals surface area contributed by atoms with Crippen molar-refractivity contribution in [1.29, 1.82) is 0 Å². The molecule has 0 saturated heterocycles. The number of amides is 2. The molecular formula is C26H27N5O4. The van der Waals surface area contributed by atoms with Gasteiger partial charge in [-0.1, -0.05) is 17.9 Å². The lowest BCUT2D eigenvalue weighted by Crippen LogP contribution is -2.50. The van der Waals surface area contributed by atoms with Crippen molar-refractivity contribution < 1.29 is 19.4 Å². The van der Waals surface area contributed by atoms with E-state index in [2.05, 4.69) is 27.2 Å². The van der Waals surface area contributed by atoms with E-state index < -0.39 is 17.7 Å². The molecule has 180 valence electrons. The molecular weight excluding hydrogens is 446 g/mol. The Balaban J connectivity index is 1.45. The maximum absolute atomic E-state index is 13.1. The lowest BCUT2D eigenvalue weighted by molar-refractivity contribution is -0.120. The van der Waals surface area contributed by atoms with Gasteiger partial charge < -0.3 is 20.1 Å². The molecule has 2 aromatic heterocycles. The Bertz CT molecular complexity index is 1310. The van der Waals surface area contributed by atoms with Crippen LogP contribution in [0.1, 0.15) is 36.2 Å². The van der Waals surface area contributed by atoms with Gasteiger partial charge in [0, 0.05) is 37.1 Å². The van der Waals surface area contributed by atoms with Gasteiger partial charge in [0.25, 0.3) is 5.91 Å². The van der Waals surface area contributed by atoms with Gasteiger partial charge in [0.2, 0.25) is 0 Å². The summed E-state index contributed by atoms with van der Waals surface area (Å²) in [5, 5.41) is 16.7. The maximum Gasteiger partial charge on any atom is 0.342 e. The molecule has 3 aromatic rings. The summed E-state index contributed by atoms with van der Waals surface area (Å²) in [6.07, 6.45) is 5.62. The van der Waals surface area contributed by atoms with Crippen LogP contribution in [0.3, 0.4) is 0 Å². The van der Waals surface area contributed by atoms with Gasteiger partial charge in [-0.3, -0.25) is 9.78 Å². The summed E-state index contributed by atoms with van der Waals surface area (Å²) in [5.74, 6) is 5.82. The van der Waals surface area contributed by atoms with Crippen molar-refractivity contribution in [2.45, 2.75) is 38.8 Å². The van der Waals surface area contributed by atoms with Crippen LogP contribution in [0.2, 0.25) is 0 Å². The number of nitrogens with zero attached hydrogens (tertiary/aromatic N) is 4. The topological polar surface area (TPSA) is 110 Å². The SMILES string of the molecule is Cc1ccc(Cc2cnn(C(=O)N[C@H]3COc4ccc(C#CC(C)(C)O)cc4N(C)C3=O)c2)cn1. The molecule has 35 heavy (non-hydrogen) atoms. The molecule has 1 aliphatic heterocycles. The Morgan fingerprint density at radius 1 is 1.26 bits per heavy atom. The molecule has 1 aliphatic rings. The van der Waals surface area contributed by atoms with Crippen LogP contribution in [0.5, 0.6) is 5.75 Å². The fraction of sp³-hybridized carbons (Fsp3) is 0.308. The third-order valence-electron chi connectivity index (χ3n) is 5.39. The number of hydrogen-bond acceptors (Lipinski definition) is 6. The number of carbonyl (C=O) groups is 2. The zero-order chi connectivity index (χ0) is 25.2. The smallest absolute Gasteiger partial charge is 0.342 e. The first-order valence-electron chi connectivity index (χ1n) is 11.1. The van der Waals surface area contributed by atoms with Gasteiger partial charge in [-0.05, 0) is 56.2 Å². The first kappa shape index (κ1) is 24.0. The Morgan fingerprint density at radius 2 is 2.06 bits per heavy atom. The Hall–Kier alpha value is -4.16. The van der Waals surface area contributed by atoms with Gasteiger partial charge in [-0.25, -0.2) is 4.79 Å². The van der Waals surface area contributed by atoms with Gasteiger partial charge in [-0.2, -0.15) is 9.78 Å². The van der Waals surface area contributed by atoms with Crippen molar-refractivity contribution >= 4 is 17.6 Å². The molecule has 2 N–H and O–H groups in total. The Morgan fingerprint density at radius 3 is 2.77 bits per heavy atom. The van der Waals surface area contributed by atoms with Crippen LogP contribution in [-0.4, -0.2) is 57.1 Å². The number of rotatable bonds is 3. The van der Waals surface area contributed by atoms with E-state index in [1.54, 1.807) is 57.7 Å². The molecule has 0 fully saturated rings. The predicted octanol–water partition coefficient (Wildman–Crippen LogP) is 2.28. The minimum Gasteiger partial charge on any atom is -0.489 e. The number of pyridine rings is 1. The average Bonchev–Trinajstić information content (AvgIpc) is 3.25. The summed E-state index contributed by atoms with van der Waals surface area (Å²) in [6.45, 7) is 5.08. The standard InChI is InChI=1S/C26H27N5O4/c1-17-5-6-19(13-27-17)11-20-14-28-31(15-20)25(33)29-21-16-35-23-8-7-18(9-10-26(2,3)34)12-22(23)30(4)24(21)32/h5-8,12-15,21,34H,11,16H2,1-4H3,(H,29,33)/t21-/m0/s1. The van der Waals surface area contributed by atoms with E-state index >= 15 is 0 Å². The first-order chi connectivity index (χ1) is 16.6. The molecule has 1 aromatic carbocycles. The monoisotopic (exact) mass is 473 g/mol. The Kier molecular flexibility index (Phi) is 6.58. The number of aryl methyl sites for hydroxylation is 1. The summed E-state index contributed by atoms with van der Waals surface area (Å²) in [5.41, 5.74) is 2.81. The second-order valence-electron chi connectivity index (χ2n) is 8.98. The normalized spacial score (nSPS) is 15.4. The summed E-state index contributed by atoms with van der Waals surface area (Å²) >= 11 is 0. The van der Waals surface area contributed by atoms with E-state index in [4.69, 9.17) is 4.74 Å². The van der Waals surface area contributed by atoms with Crippen LogP contribution in [0.15, 0.2) is 48.9 Å². The second kappa shape index (κ2) is 9.60. The summed E-state index contributed by atoms with van der Waals surface area (Å²) in [7, 11) is 1.61. The number of fused-ring (bicyclic) bond motifs is 1. The number of benzene rings is 1. The number of hydrogen-bond donors (Lipinski definition) is 2. The highest BCUT2D eigenvalue weighted by molar-refractivity contribution is 6.00. The van der Waals surface area contributed by atoms with Gasteiger partial charge in [0.15, 0.2) is 0 Å². The molecule has 2 amide bonds. The molecule has 0 bridgehead atoms. The van der Waals surface area contributed by atoms with Gasteiger partial charge in [-0.15, -0.1) is 0 Å². The number of aromatic nitrogens is 3. The van der Waals surface area contributed by atoms with E-state index in [0.717, 1.165) is 16.8 Å². The molecule has 3 heterocycles. The largest absolute Gasteiger partial charge is 0.489 e. The molecule has 0 aliphatic carbocycles. The van der Waals surface area contributed by atoms with Crippen molar-refractivity contribution in [3.8, 4) is 17.6 Å². The van der Waals surface area contributed by atoms with E-state index in [9.17, 15) is 14.7 Å². The van der Waals surface area contributed by atoms with E-state index in [-0.39, 0.29) is 12.5 Å².